The number of aromatic nitrogens is 1. The lowest BCUT2D eigenvalue weighted by Gasteiger charge is -2.26. The lowest BCUT2D eigenvalue weighted by molar-refractivity contribution is 0.732. The number of hydrogen-bond donors (Lipinski definition) is 1. The number of benzene rings is 1. The number of hydrogen-bond acceptors (Lipinski definition) is 3. The first-order valence-electron chi connectivity index (χ1n) is 6.71. The highest BCUT2D eigenvalue weighted by Gasteiger charge is 2.09. The van der Waals surface area contributed by atoms with Crippen molar-refractivity contribution in [2.24, 2.45) is 5.73 Å². The Kier molecular flexibility index (Phi) is 4.93. The Hall–Kier alpha value is -1.87. The van der Waals surface area contributed by atoms with Gasteiger partial charge in [0, 0.05) is 31.2 Å². The average Bonchev–Trinajstić information content (AvgIpc) is 2.45. The van der Waals surface area contributed by atoms with Gasteiger partial charge in [-0.3, -0.25) is 4.98 Å². The van der Waals surface area contributed by atoms with E-state index in [0.717, 1.165) is 26.1 Å². The van der Waals surface area contributed by atoms with Crippen molar-refractivity contribution < 1.29 is 0 Å². The molecule has 0 atom stereocenters. The molecule has 2 N–H and O–H groups in total. The molecule has 3 heteroatoms. The summed E-state index contributed by atoms with van der Waals surface area (Å²) in [6.07, 6.45) is 4.73. The standard InChI is InChI=1S/C16H21N3/c1-14-6-2-3-8-16(14)19(11-5-9-17)13-15-7-4-10-18-12-15/h2-4,6-8,10,12H,5,9,11,13,17H2,1H3. The minimum atomic E-state index is 0.718. The third-order valence-corrected chi connectivity index (χ3v) is 3.18. The number of aryl methyl sites for hydroxylation is 1. The highest BCUT2D eigenvalue weighted by Crippen LogP contribution is 2.21. The molecular formula is C16H21N3. The molecule has 0 amide bonds. The van der Waals surface area contributed by atoms with E-state index in [4.69, 9.17) is 5.73 Å². The van der Waals surface area contributed by atoms with Crippen molar-refractivity contribution in [2.75, 3.05) is 18.0 Å². The van der Waals surface area contributed by atoms with Gasteiger partial charge in [-0.2, -0.15) is 0 Å². The maximum Gasteiger partial charge on any atom is 0.0444 e. The highest BCUT2D eigenvalue weighted by molar-refractivity contribution is 5.53. The van der Waals surface area contributed by atoms with Gasteiger partial charge in [-0.25, -0.2) is 0 Å². The summed E-state index contributed by atoms with van der Waals surface area (Å²) in [5, 5.41) is 0. The molecule has 2 rings (SSSR count). The van der Waals surface area contributed by atoms with E-state index in [0.29, 0.717) is 0 Å². The third kappa shape index (κ3) is 3.80. The molecule has 0 fully saturated rings. The van der Waals surface area contributed by atoms with Gasteiger partial charge in [0.15, 0.2) is 0 Å². The Morgan fingerprint density at radius 3 is 2.68 bits per heavy atom. The van der Waals surface area contributed by atoms with Crippen LogP contribution in [0.3, 0.4) is 0 Å². The van der Waals surface area contributed by atoms with Gasteiger partial charge >= 0.3 is 0 Å². The molecule has 0 saturated heterocycles. The fourth-order valence-corrected chi connectivity index (χ4v) is 2.20. The van der Waals surface area contributed by atoms with Crippen LogP contribution >= 0.6 is 0 Å². The minimum Gasteiger partial charge on any atom is -0.367 e. The number of rotatable bonds is 6. The zero-order valence-corrected chi connectivity index (χ0v) is 11.4. The van der Waals surface area contributed by atoms with E-state index >= 15 is 0 Å². The van der Waals surface area contributed by atoms with Crippen LogP contribution in [0.25, 0.3) is 0 Å². The van der Waals surface area contributed by atoms with Crippen molar-refractivity contribution in [3.8, 4) is 0 Å². The first-order valence-corrected chi connectivity index (χ1v) is 6.71. The van der Waals surface area contributed by atoms with Crippen LogP contribution in [-0.2, 0) is 6.54 Å². The minimum absolute atomic E-state index is 0.718. The molecule has 0 aliphatic rings. The lowest BCUT2D eigenvalue weighted by atomic mass is 10.1. The molecule has 3 nitrogen and oxygen atoms in total. The number of pyridine rings is 1. The van der Waals surface area contributed by atoms with E-state index in [1.165, 1.54) is 16.8 Å². The molecule has 0 spiro atoms. The third-order valence-electron chi connectivity index (χ3n) is 3.18. The van der Waals surface area contributed by atoms with Crippen LogP contribution < -0.4 is 10.6 Å². The van der Waals surface area contributed by atoms with E-state index in [9.17, 15) is 0 Å². The largest absolute Gasteiger partial charge is 0.367 e. The highest BCUT2D eigenvalue weighted by atomic mass is 15.1. The fraction of sp³-hybridized carbons (Fsp3) is 0.312. The molecule has 0 aliphatic carbocycles. The van der Waals surface area contributed by atoms with E-state index in [1.54, 1.807) is 0 Å². The number of anilines is 1. The Balaban J connectivity index is 2.19. The fourth-order valence-electron chi connectivity index (χ4n) is 2.20. The maximum atomic E-state index is 5.65. The Morgan fingerprint density at radius 2 is 2.00 bits per heavy atom. The molecule has 1 heterocycles. The van der Waals surface area contributed by atoms with Gasteiger partial charge in [0.1, 0.15) is 0 Å². The number of para-hydroxylation sites is 1. The van der Waals surface area contributed by atoms with Gasteiger partial charge in [-0.05, 0) is 43.1 Å². The molecule has 0 radical (unpaired) electrons. The van der Waals surface area contributed by atoms with Crippen LogP contribution in [0.4, 0.5) is 5.69 Å². The van der Waals surface area contributed by atoms with Crippen LogP contribution in [0.1, 0.15) is 17.5 Å². The van der Waals surface area contributed by atoms with Crippen molar-refractivity contribution in [3.05, 3.63) is 59.9 Å². The maximum absolute atomic E-state index is 5.65. The molecule has 0 unspecified atom stereocenters. The molecule has 1 aromatic carbocycles. The van der Waals surface area contributed by atoms with Crippen LogP contribution in [0.15, 0.2) is 48.8 Å². The molecular weight excluding hydrogens is 234 g/mol. The quantitative estimate of drug-likeness (QED) is 0.863. The van der Waals surface area contributed by atoms with Crippen LogP contribution in [0, 0.1) is 6.92 Å². The van der Waals surface area contributed by atoms with E-state index in [1.807, 2.05) is 18.5 Å². The molecule has 2 aromatic rings. The summed E-state index contributed by atoms with van der Waals surface area (Å²) in [5.74, 6) is 0. The van der Waals surface area contributed by atoms with Crippen LogP contribution in [0.5, 0.6) is 0 Å². The molecule has 1 aromatic heterocycles. The predicted molar refractivity (Wildman–Crippen MR) is 80.1 cm³/mol. The van der Waals surface area contributed by atoms with E-state index in [-0.39, 0.29) is 0 Å². The van der Waals surface area contributed by atoms with Crippen molar-refractivity contribution in [2.45, 2.75) is 19.9 Å². The van der Waals surface area contributed by atoms with Crippen LogP contribution in [-0.4, -0.2) is 18.1 Å². The second kappa shape index (κ2) is 6.90. The summed E-state index contributed by atoms with van der Waals surface area (Å²) in [6, 6.07) is 12.6. The van der Waals surface area contributed by atoms with Gasteiger partial charge in [0.05, 0.1) is 0 Å². The summed E-state index contributed by atoms with van der Waals surface area (Å²) in [7, 11) is 0. The van der Waals surface area contributed by atoms with Gasteiger partial charge in [0.25, 0.3) is 0 Å². The molecule has 100 valence electrons. The first-order chi connectivity index (χ1) is 9.31. The van der Waals surface area contributed by atoms with Crippen molar-refractivity contribution in [1.82, 2.24) is 4.98 Å². The van der Waals surface area contributed by atoms with E-state index < -0.39 is 0 Å². The smallest absolute Gasteiger partial charge is 0.0444 e. The zero-order chi connectivity index (χ0) is 13.5. The van der Waals surface area contributed by atoms with Crippen molar-refractivity contribution in [1.29, 1.82) is 0 Å². The lowest BCUT2D eigenvalue weighted by Crippen LogP contribution is -2.26. The van der Waals surface area contributed by atoms with Crippen molar-refractivity contribution >= 4 is 5.69 Å². The van der Waals surface area contributed by atoms with Crippen LogP contribution in [0.2, 0.25) is 0 Å². The monoisotopic (exact) mass is 255 g/mol. The summed E-state index contributed by atoms with van der Waals surface area (Å²) in [6.45, 7) is 4.71. The topological polar surface area (TPSA) is 42.1 Å². The Morgan fingerprint density at radius 1 is 1.16 bits per heavy atom. The second-order valence-electron chi connectivity index (χ2n) is 4.71. The Bertz CT molecular complexity index is 496. The number of nitrogens with two attached hydrogens (primary N) is 1. The molecule has 0 aliphatic heterocycles. The average molecular weight is 255 g/mol. The normalized spacial score (nSPS) is 10.4. The van der Waals surface area contributed by atoms with Gasteiger partial charge in [-0.1, -0.05) is 24.3 Å². The van der Waals surface area contributed by atoms with E-state index in [2.05, 4.69) is 47.1 Å². The zero-order valence-electron chi connectivity index (χ0n) is 11.4. The second-order valence-corrected chi connectivity index (χ2v) is 4.71. The summed E-state index contributed by atoms with van der Waals surface area (Å²) in [5.41, 5.74) is 9.44. The molecule has 0 saturated carbocycles. The van der Waals surface area contributed by atoms with Gasteiger partial charge < -0.3 is 10.6 Å². The van der Waals surface area contributed by atoms with Gasteiger partial charge in [0.2, 0.25) is 0 Å². The summed E-state index contributed by atoms with van der Waals surface area (Å²) >= 11 is 0. The SMILES string of the molecule is Cc1ccccc1N(CCCN)Cc1cccnc1. The number of nitrogens with zero attached hydrogens (tertiary/aromatic N) is 2. The first kappa shape index (κ1) is 13.6. The van der Waals surface area contributed by atoms with Gasteiger partial charge in [-0.15, -0.1) is 0 Å². The summed E-state index contributed by atoms with van der Waals surface area (Å²) in [4.78, 5) is 6.56. The summed E-state index contributed by atoms with van der Waals surface area (Å²) < 4.78 is 0. The Labute approximate surface area is 115 Å². The predicted octanol–water partition coefficient (Wildman–Crippen LogP) is 2.75. The molecule has 0 bridgehead atoms. The molecule has 19 heavy (non-hydrogen) atoms. The van der Waals surface area contributed by atoms with Crippen molar-refractivity contribution in [3.63, 3.8) is 0 Å².